The highest BCUT2D eigenvalue weighted by Crippen LogP contribution is 2.53. The number of amides is 3. The molecule has 2 aliphatic heterocycles. The summed E-state index contributed by atoms with van der Waals surface area (Å²) in [5, 5.41) is 53.6. The number of carbonyl (C=O) groups excluding carboxylic acids is 3. The Labute approximate surface area is 507 Å². The van der Waals surface area contributed by atoms with E-state index in [0.717, 1.165) is 61.9 Å². The number of fused-ring (bicyclic) bond motifs is 5. The summed E-state index contributed by atoms with van der Waals surface area (Å²) in [6, 6.07) is 15.8. The largest absolute Gasteiger partial charge is 0.486 e. The number of β-amino-alcohol motifs (C(OH)–C–C–N with tert-alkyl or cyclic N) is 1. The summed E-state index contributed by atoms with van der Waals surface area (Å²) in [5.41, 5.74) is 6.72. The summed E-state index contributed by atoms with van der Waals surface area (Å²) in [5.74, 6) is -1.37. The minimum atomic E-state index is -1.06. The SMILES string of the molecule is CCn1nccc1-c1ccc([C@H](CO)NC(=O)[C@@H]2C[C@@H](O)CN2C(=O)[C@H](C(C)C)n2cc3c(n2)c(=O)[nH]c2cc(COc4c(-c5c(C)c(F)cc6[nH]ncc56)c(C5CC5)cc5c(NC[C@@H]6CCCCCN6)nc(C(=O)NCCN(C)C)nc45)ccc23)cc1. The van der Waals surface area contributed by atoms with Crippen molar-refractivity contribution in [3.05, 3.63) is 124 Å². The molecule has 1 aliphatic carbocycles. The van der Waals surface area contributed by atoms with Crippen LogP contribution in [0.1, 0.15) is 117 Å². The number of hydrogen-bond donors (Lipinski definition) is 8. The molecular formula is C65H76FN15O7. The first kappa shape index (κ1) is 59.7. The Morgan fingerprint density at radius 3 is 2.51 bits per heavy atom. The van der Waals surface area contributed by atoms with E-state index in [1.165, 1.54) is 15.6 Å². The van der Waals surface area contributed by atoms with Crippen molar-refractivity contribution >= 4 is 67.2 Å². The van der Waals surface area contributed by atoms with Gasteiger partial charge in [0.25, 0.3) is 11.5 Å². The van der Waals surface area contributed by atoms with Gasteiger partial charge in [-0.15, -0.1) is 0 Å². The van der Waals surface area contributed by atoms with Gasteiger partial charge >= 0.3 is 0 Å². The first-order valence-electron chi connectivity index (χ1n) is 30.7. The number of likely N-dealkylation sites (tertiary alicyclic amines) is 1. The molecular weight excluding hydrogens is 1120 g/mol. The molecule has 8 N–H and O–H groups in total. The third kappa shape index (κ3) is 11.9. The van der Waals surface area contributed by atoms with E-state index in [1.807, 2.05) is 93.0 Å². The first-order chi connectivity index (χ1) is 42.6. The number of hydrogen-bond acceptors (Lipinski definition) is 15. The van der Waals surface area contributed by atoms with Gasteiger partial charge in [0.05, 0.1) is 36.2 Å². The van der Waals surface area contributed by atoms with Crippen molar-refractivity contribution in [2.75, 3.05) is 58.7 Å². The van der Waals surface area contributed by atoms with E-state index in [9.17, 15) is 29.4 Å². The predicted molar refractivity (Wildman–Crippen MR) is 334 cm³/mol. The number of aromatic amines is 2. The molecule has 23 heteroatoms. The van der Waals surface area contributed by atoms with Crippen LogP contribution in [0.3, 0.4) is 0 Å². The minimum Gasteiger partial charge on any atom is -0.486 e. The summed E-state index contributed by atoms with van der Waals surface area (Å²) in [7, 11) is 3.86. The van der Waals surface area contributed by atoms with Gasteiger partial charge in [-0.2, -0.15) is 15.3 Å². The van der Waals surface area contributed by atoms with Crippen molar-refractivity contribution in [1.29, 1.82) is 0 Å². The van der Waals surface area contributed by atoms with Crippen LogP contribution >= 0.6 is 0 Å². The van der Waals surface area contributed by atoms with Crippen LogP contribution in [-0.2, 0) is 22.7 Å². The van der Waals surface area contributed by atoms with Crippen LogP contribution < -0.4 is 31.6 Å². The normalized spacial score (nSPS) is 18.0. The fourth-order valence-corrected chi connectivity index (χ4v) is 12.7. The molecule has 0 spiro atoms. The molecule has 3 aliphatic rings. The average Bonchev–Trinajstić information content (AvgIpc) is 1.30. The van der Waals surface area contributed by atoms with Crippen LogP contribution in [0.15, 0.2) is 84.0 Å². The molecule has 3 fully saturated rings. The second kappa shape index (κ2) is 25.2. The molecule has 9 aromatic rings. The number of H-pyrrole nitrogens is 2. The van der Waals surface area contributed by atoms with E-state index in [2.05, 4.69) is 47.6 Å². The number of rotatable bonds is 21. The molecule has 5 aromatic heterocycles. The van der Waals surface area contributed by atoms with Gasteiger partial charge in [0.15, 0.2) is 11.3 Å². The monoisotopic (exact) mass is 1200 g/mol. The number of aliphatic hydroxyl groups excluding tert-OH is 2. The smallest absolute Gasteiger partial charge is 0.289 e. The number of aliphatic hydroxyl groups is 2. The minimum absolute atomic E-state index is 0.0140. The van der Waals surface area contributed by atoms with E-state index in [-0.39, 0.29) is 48.8 Å². The van der Waals surface area contributed by atoms with Crippen molar-refractivity contribution in [3.8, 4) is 28.1 Å². The van der Waals surface area contributed by atoms with Crippen LogP contribution in [0.5, 0.6) is 5.75 Å². The van der Waals surface area contributed by atoms with Crippen LogP contribution in [0, 0.1) is 18.7 Å². The predicted octanol–water partition coefficient (Wildman–Crippen LogP) is 7.40. The van der Waals surface area contributed by atoms with Crippen LogP contribution in [0.25, 0.3) is 66.0 Å². The van der Waals surface area contributed by atoms with Crippen LogP contribution in [-0.4, -0.2) is 154 Å². The third-order valence-corrected chi connectivity index (χ3v) is 17.5. The summed E-state index contributed by atoms with van der Waals surface area (Å²) in [6.45, 7) is 10.0. The topological polar surface area (TPSA) is 278 Å². The number of nitrogens with one attached hydrogen (secondary N) is 6. The number of halogens is 1. The van der Waals surface area contributed by atoms with E-state index >= 15 is 4.39 Å². The molecule has 3 amide bonds. The lowest BCUT2D eigenvalue weighted by Crippen LogP contribution is -2.50. The maximum atomic E-state index is 16.3. The zero-order valence-corrected chi connectivity index (χ0v) is 50.5. The summed E-state index contributed by atoms with van der Waals surface area (Å²) >= 11 is 0. The molecule has 88 heavy (non-hydrogen) atoms. The molecule has 0 unspecified atom stereocenters. The van der Waals surface area contributed by atoms with Gasteiger partial charge in [-0.1, -0.05) is 63.1 Å². The highest BCUT2D eigenvalue weighted by atomic mass is 19.1. The highest BCUT2D eigenvalue weighted by Gasteiger charge is 2.43. The van der Waals surface area contributed by atoms with Gasteiger partial charge in [0.2, 0.25) is 17.6 Å². The van der Waals surface area contributed by atoms with Gasteiger partial charge in [-0.3, -0.25) is 33.6 Å². The van der Waals surface area contributed by atoms with Crippen molar-refractivity contribution in [1.82, 2.24) is 70.5 Å². The zero-order chi connectivity index (χ0) is 61.5. The number of aryl methyl sites for hydroxylation is 1. The first-order valence-corrected chi connectivity index (χ1v) is 30.7. The summed E-state index contributed by atoms with van der Waals surface area (Å²) in [4.78, 5) is 73.7. The average molecular weight is 1200 g/mol. The molecule has 0 bridgehead atoms. The van der Waals surface area contributed by atoms with E-state index in [0.29, 0.717) is 104 Å². The van der Waals surface area contributed by atoms with E-state index < -0.39 is 59.9 Å². The van der Waals surface area contributed by atoms with Crippen LogP contribution in [0.2, 0.25) is 0 Å². The fourth-order valence-electron chi connectivity index (χ4n) is 12.7. The van der Waals surface area contributed by atoms with E-state index in [4.69, 9.17) is 19.8 Å². The summed E-state index contributed by atoms with van der Waals surface area (Å²) < 4.78 is 26.7. The molecule has 7 heterocycles. The number of anilines is 1. The third-order valence-electron chi connectivity index (χ3n) is 17.5. The molecule has 22 nitrogen and oxygen atoms in total. The maximum Gasteiger partial charge on any atom is 0.289 e. The quantitative estimate of drug-likeness (QED) is 0.0348. The van der Waals surface area contributed by atoms with Crippen molar-refractivity contribution < 1.29 is 33.7 Å². The lowest BCUT2D eigenvalue weighted by atomic mass is 9.88. The maximum absolute atomic E-state index is 16.3. The summed E-state index contributed by atoms with van der Waals surface area (Å²) in [6.07, 6.45) is 10.2. The lowest BCUT2D eigenvalue weighted by molar-refractivity contribution is -0.142. The molecule has 5 atom stereocenters. The zero-order valence-electron chi connectivity index (χ0n) is 50.5. The number of ether oxygens (including phenoxy) is 1. The van der Waals surface area contributed by atoms with Gasteiger partial charge in [-0.05, 0) is 124 Å². The van der Waals surface area contributed by atoms with Gasteiger partial charge in [0, 0.05) is 95.8 Å². The molecule has 0 radical (unpaired) electrons. The number of nitrogens with zero attached hydrogens (tertiary/aromatic N) is 9. The van der Waals surface area contributed by atoms with Gasteiger partial charge in [0.1, 0.15) is 35.8 Å². The van der Waals surface area contributed by atoms with Crippen molar-refractivity contribution in [3.63, 3.8) is 0 Å². The molecule has 460 valence electrons. The molecule has 2 saturated heterocycles. The number of carbonyl (C=O) groups is 3. The van der Waals surface area contributed by atoms with Crippen molar-refractivity contribution in [2.24, 2.45) is 5.92 Å². The second-order valence-electron chi connectivity index (χ2n) is 24.3. The second-order valence-corrected chi connectivity index (χ2v) is 24.3. The lowest BCUT2D eigenvalue weighted by Gasteiger charge is -2.30. The standard InChI is InChI=1S/C65H76FN15O7/c1-7-80-52(20-22-71-80)40-17-15-39(16-18-40)51(33-82)73-62(84)53-26-42(83)31-79(53)65(87)58(35(2)3)81-32-47-43-19-12-37(25-49(43)72-63(85)57(47)77-81)34-88-59-55(54-36(4)48(66)28-50-46(54)30-70-76-50)44(38-13-14-38)27-45-56(59)74-61(64(86)68-23-24-78(5)6)75-60(45)69-29-41-11-9-8-10-21-67-41/h12,15-20,22,25,27-28,30,32,35,38,41-42,51,53,58,67,82-83H,7-11,13-14,21,23-24,26,29,31,33-34H2,1-6H3,(H,68,86)(H,70,76)(H,72,85)(H,73,84)(H,69,74,75)/t41-,42+,51-,53-,58-/m0/s1. The highest BCUT2D eigenvalue weighted by molar-refractivity contribution is 6.07. The molecule has 4 aromatic carbocycles. The Morgan fingerprint density at radius 1 is 0.932 bits per heavy atom. The number of pyridine rings is 1. The molecule has 12 rings (SSSR count). The van der Waals surface area contributed by atoms with Gasteiger partial charge < -0.3 is 51.0 Å². The molecule has 1 saturated carbocycles. The number of benzene rings is 4. The number of likely N-dealkylation sites (N-methyl/N-ethyl adjacent to an activating group) is 1. The Bertz CT molecular complexity index is 4140. The Hall–Kier alpha value is -8.64. The van der Waals surface area contributed by atoms with Crippen molar-refractivity contribution in [2.45, 2.75) is 122 Å². The Balaban J connectivity index is 0.874. The Morgan fingerprint density at radius 2 is 1.75 bits per heavy atom. The van der Waals surface area contributed by atoms with Gasteiger partial charge in [-0.25, -0.2) is 14.4 Å². The number of aromatic nitrogens is 9. The Kier molecular flexibility index (Phi) is 17.1. The van der Waals surface area contributed by atoms with Crippen LogP contribution in [0.4, 0.5) is 10.2 Å². The fraction of sp³-hybridized carbons (Fsp3) is 0.431. The van der Waals surface area contributed by atoms with E-state index in [1.54, 1.807) is 25.5 Å².